The van der Waals surface area contributed by atoms with E-state index in [4.69, 9.17) is 14.8 Å². The molecule has 0 saturated heterocycles. The number of allylic oxidation sites excluding steroid dienone is 1. The van der Waals surface area contributed by atoms with Crippen molar-refractivity contribution in [1.82, 2.24) is 0 Å². The van der Waals surface area contributed by atoms with E-state index in [0.29, 0.717) is 17.8 Å². The molecule has 1 aromatic carbocycles. The minimum atomic E-state index is -1.49. The van der Waals surface area contributed by atoms with E-state index in [2.05, 4.69) is 0 Å². The van der Waals surface area contributed by atoms with Gasteiger partial charge in [-0.1, -0.05) is 30.4 Å². The molecule has 2 N–H and O–H groups in total. The van der Waals surface area contributed by atoms with Gasteiger partial charge in [0, 0.05) is 5.46 Å². The van der Waals surface area contributed by atoms with Gasteiger partial charge in [0.1, 0.15) is 12.4 Å². The Balaban J connectivity index is 2.74. The average Bonchev–Trinajstić information content (AvgIpc) is 2.19. The van der Waals surface area contributed by atoms with E-state index in [1.807, 2.05) is 19.1 Å². The van der Waals surface area contributed by atoms with Gasteiger partial charge in [0.25, 0.3) is 0 Å². The van der Waals surface area contributed by atoms with Gasteiger partial charge < -0.3 is 14.8 Å². The van der Waals surface area contributed by atoms with Crippen molar-refractivity contribution in [2.24, 2.45) is 0 Å². The highest BCUT2D eigenvalue weighted by Gasteiger charge is 2.15. The first kappa shape index (κ1) is 10.8. The molecule has 0 unspecified atom stereocenters. The molecule has 0 amide bonds. The third-order valence-corrected chi connectivity index (χ3v) is 1.77. The number of benzene rings is 1. The molecule has 0 fully saturated rings. The van der Waals surface area contributed by atoms with Crippen LogP contribution in [0.1, 0.15) is 6.92 Å². The van der Waals surface area contributed by atoms with E-state index in [9.17, 15) is 0 Å². The molecule has 0 heterocycles. The summed E-state index contributed by atoms with van der Waals surface area (Å²) < 4.78 is 5.33. The predicted molar refractivity (Wildman–Crippen MR) is 56.6 cm³/mol. The van der Waals surface area contributed by atoms with Gasteiger partial charge in [0.15, 0.2) is 0 Å². The van der Waals surface area contributed by atoms with Crippen LogP contribution < -0.4 is 10.2 Å². The van der Waals surface area contributed by atoms with Crippen molar-refractivity contribution < 1.29 is 14.8 Å². The summed E-state index contributed by atoms with van der Waals surface area (Å²) in [6.07, 6.45) is 3.72. The van der Waals surface area contributed by atoms with Crippen LogP contribution in [0.25, 0.3) is 0 Å². The SMILES string of the molecule is CC=CCOc1ccccc1B(O)O. The Bertz CT molecular complexity index is 310. The van der Waals surface area contributed by atoms with Gasteiger partial charge >= 0.3 is 7.12 Å². The van der Waals surface area contributed by atoms with Crippen molar-refractivity contribution in [3.8, 4) is 5.75 Å². The molecule has 74 valence electrons. The second kappa shape index (κ2) is 5.47. The third kappa shape index (κ3) is 2.90. The minimum Gasteiger partial charge on any atom is -0.490 e. The van der Waals surface area contributed by atoms with Crippen LogP contribution in [-0.2, 0) is 0 Å². The van der Waals surface area contributed by atoms with Crippen molar-refractivity contribution >= 4 is 12.6 Å². The number of ether oxygens (including phenoxy) is 1. The van der Waals surface area contributed by atoms with Crippen LogP contribution in [0.2, 0.25) is 0 Å². The predicted octanol–water partition coefficient (Wildman–Crippen LogP) is 0.321. The van der Waals surface area contributed by atoms with Crippen LogP contribution in [0.15, 0.2) is 36.4 Å². The van der Waals surface area contributed by atoms with Gasteiger partial charge in [-0.3, -0.25) is 0 Å². The molecule has 3 nitrogen and oxygen atoms in total. The van der Waals surface area contributed by atoms with Gasteiger partial charge in [-0.25, -0.2) is 0 Å². The molecule has 1 rings (SSSR count). The molecular formula is C10H13BO3. The summed E-state index contributed by atoms with van der Waals surface area (Å²) in [5, 5.41) is 18.0. The van der Waals surface area contributed by atoms with Crippen LogP contribution in [0, 0.1) is 0 Å². The Labute approximate surface area is 83.8 Å². The van der Waals surface area contributed by atoms with Crippen LogP contribution in [-0.4, -0.2) is 23.8 Å². The molecule has 0 radical (unpaired) electrons. The second-order valence-corrected chi connectivity index (χ2v) is 2.79. The molecule has 14 heavy (non-hydrogen) atoms. The highest BCUT2D eigenvalue weighted by Crippen LogP contribution is 2.06. The maximum atomic E-state index is 9.02. The van der Waals surface area contributed by atoms with Crippen LogP contribution in [0.4, 0.5) is 0 Å². The second-order valence-electron chi connectivity index (χ2n) is 2.79. The Morgan fingerprint density at radius 1 is 1.36 bits per heavy atom. The van der Waals surface area contributed by atoms with Crippen molar-refractivity contribution in [2.45, 2.75) is 6.92 Å². The molecule has 0 bridgehead atoms. The first-order chi connectivity index (χ1) is 6.75. The average molecular weight is 192 g/mol. The zero-order chi connectivity index (χ0) is 10.4. The van der Waals surface area contributed by atoms with E-state index in [1.165, 1.54) is 0 Å². The monoisotopic (exact) mass is 192 g/mol. The standard InChI is InChI=1S/C10H13BO3/c1-2-3-8-14-10-7-5-4-6-9(10)11(12)13/h2-7,12-13H,8H2,1H3. The summed E-state index contributed by atoms with van der Waals surface area (Å²) in [4.78, 5) is 0. The number of hydrogen-bond acceptors (Lipinski definition) is 3. The van der Waals surface area contributed by atoms with Crippen molar-refractivity contribution in [2.75, 3.05) is 6.61 Å². The fourth-order valence-corrected chi connectivity index (χ4v) is 1.06. The van der Waals surface area contributed by atoms with E-state index < -0.39 is 7.12 Å². The van der Waals surface area contributed by atoms with Crippen LogP contribution in [0.5, 0.6) is 5.75 Å². The fraction of sp³-hybridized carbons (Fsp3) is 0.200. The van der Waals surface area contributed by atoms with Gasteiger partial charge in [0.05, 0.1) is 0 Å². The first-order valence-electron chi connectivity index (χ1n) is 4.44. The smallest absolute Gasteiger partial charge is 0.490 e. The Kier molecular flexibility index (Phi) is 4.23. The van der Waals surface area contributed by atoms with Crippen molar-refractivity contribution in [3.63, 3.8) is 0 Å². The lowest BCUT2D eigenvalue weighted by Crippen LogP contribution is -2.31. The Hall–Kier alpha value is -1.26. The highest BCUT2D eigenvalue weighted by atomic mass is 16.5. The normalized spacial score (nSPS) is 10.5. The molecule has 0 aliphatic rings. The van der Waals surface area contributed by atoms with Crippen LogP contribution >= 0.6 is 0 Å². The first-order valence-corrected chi connectivity index (χ1v) is 4.44. The summed E-state index contributed by atoms with van der Waals surface area (Å²) >= 11 is 0. The highest BCUT2D eigenvalue weighted by molar-refractivity contribution is 6.59. The summed E-state index contributed by atoms with van der Waals surface area (Å²) in [6.45, 7) is 2.33. The van der Waals surface area contributed by atoms with Gasteiger partial charge in [0.2, 0.25) is 0 Å². The van der Waals surface area contributed by atoms with Crippen molar-refractivity contribution in [1.29, 1.82) is 0 Å². The molecule has 1 aromatic rings. The third-order valence-electron chi connectivity index (χ3n) is 1.77. The molecule has 0 spiro atoms. The lowest BCUT2D eigenvalue weighted by Gasteiger charge is -2.08. The van der Waals surface area contributed by atoms with E-state index >= 15 is 0 Å². The number of rotatable bonds is 4. The number of hydrogen-bond donors (Lipinski definition) is 2. The lowest BCUT2D eigenvalue weighted by atomic mass is 9.79. The van der Waals surface area contributed by atoms with E-state index in [0.717, 1.165) is 0 Å². The Morgan fingerprint density at radius 2 is 2.07 bits per heavy atom. The summed E-state index contributed by atoms with van der Waals surface area (Å²) in [5.74, 6) is 0.501. The zero-order valence-corrected chi connectivity index (χ0v) is 8.05. The number of para-hydroxylation sites is 1. The zero-order valence-electron chi connectivity index (χ0n) is 8.05. The van der Waals surface area contributed by atoms with Gasteiger partial charge in [-0.05, 0) is 13.0 Å². The van der Waals surface area contributed by atoms with Crippen molar-refractivity contribution in [3.05, 3.63) is 36.4 Å². The molecule has 0 saturated carbocycles. The largest absolute Gasteiger partial charge is 0.492 e. The molecule has 0 atom stereocenters. The fourth-order valence-electron chi connectivity index (χ4n) is 1.06. The quantitative estimate of drug-likeness (QED) is 0.533. The molecular weight excluding hydrogens is 179 g/mol. The summed E-state index contributed by atoms with van der Waals surface area (Å²) in [6, 6.07) is 6.85. The van der Waals surface area contributed by atoms with Gasteiger partial charge in [-0.15, -0.1) is 0 Å². The molecule has 0 aromatic heterocycles. The lowest BCUT2D eigenvalue weighted by molar-refractivity contribution is 0.361. The molecule has 4 heteroatoms. The topological polar surface area (TPSA) is 49.7 Å². The Morgan fingerprint density at radius 3 is 2.71 bits per heavy atom. The summed E-state index contributed by atoms with van der Waals surface area (Å²) in [5.41, 5.74) is 0.386. The van der Waals surface area contributed by atoms with Crippen LogP contribution in [0.3, 0.4) is 0 Å². The van der Waals surface area contributed by atoms with Gasteiger partial charge in [-0.2, -0.15) is 0 Å². The minimum absolute atomic E-state index is 0.386. The molecule has 0 aliphatic carbocycles. The molecule has 0 aliphatic heterocycles. The van der Waals surface area contributed by atoms with E-state index in [1.54, 1.807) is 24.3 Å². The van der Waals surface area contributed by atoms with E-state index in [-0.39, 0.29) is 0 Å². The maximum absolute atomic E-state index is 9.02. The maximum Gasteiger partial charge on any atom is 0.492 e. The summed E-state index contributed by atoms with van der Waals surface area (Å²) in [7, 11) is -1.49.